The summed E-state index contributed by atoms with van der Waals surface area (Å²) in [6.45, 7) is 2.42. The Morgan fingerprint density at radius 1 is 1.17 bits per heavy atom. The number of carbonyl (C=O) groups excluding carboxylic acids is 1. The molecule has 0 aliphatic carbocycles. The number of fused-ring (bicyclic) bond motifs is 1. The topological polar surface area (TPSA) is 134 Å². The van der Waals surface area contributed by atoms with E-state index < -0.39 is 18.1 Å². The van der Waals surface area contributed by atoms with Crippen molar-refractivity contribution in [3.8, 4) is 0 Å². The van der Waals surface area contributed by atoms with Crippen molar-refractivity contribution in [3.05, 3.63) is 29.7 Å². The second kappa shape index (κ2) is 11.5. The first-order valence-corrected chi connectivity index (χ1v) is 10.4. The number of amides is 1. The molecule has 2 heterocycles. The highest BCUT2D eigenvalue weighted by molar-refractivity contribution is 8.76. The number of carboxylic acid groups (broad SMARTS) is 2. The molecule has 0 bridgehead atoms. The molecule has 29 heavy (non-hydrogen) atoms. The Labute approximate surface area is 170 Å². The largest absolute Gasteiger partial charge is 0.490 e. The van der Waals surface area contributed by atoms with Crippen LogP contribution in [0.5, 0.6) is 0 Å². The maximum atomic E-state index is 12.1. The summed E-state index contributed by atoms with van der Waals surface area (Å²) in [5.41, 5.74) is 1.95. The molecule has 0 unspecified atom stereocenters. The zero-order valence-corrected chi connectivity index (χ0v) is 16.6. The number of nitrogens with zero attached hydrogens (tertiary/aromatic N) is 3. The van der Waals surface area contributed by atoms with Gasteiger partial charge in [0.25, 0.3) is 5.91 Å². The summed E-state index contributed by atoms with van der Waals surface area (Å²) in [5.74, 6) is -2.49. The summed E-state index contributed by atoms with van der Waals surface area (Å²) >= 11 is 0. The Kier molecular flexibility index (Phi) is 9.74. The van der Waals surface area contributed by atoms with Crippen LogP contribution in [0, 0.1) is 6.92 Å². The van der Waals surface area contributed by atoms with Gasteiger partial charge in [-0.05, 0) is 12.5 Å². The quantitative estimate of drug-likeness (QED) is 0.406. The number of halogens is 3. The average molecular weight is 454 g/mol. The predicted molar refractivity (Wildman–Crippen MR) is 101 cm³/mol. The number of alkyl halides is 3. The second-order valence-electron chi connectivity index (χ2n) is 5.30. The lowest BCUT2D eigenvalue weighted by Crippen LogP contribution is -2.25. The molecular weight excluding hydrogens is 437 g/mol. The van der Waals surface area contributed by atoms with Crippen molar-refractivity contribution in [3.63, 3.8) is 0 Å². The van der Waals surface area contributed by atoms with Crippen molar-refractivity contribution < 1.29 is 37.8 Å². The van der Waals surface area contributed by atoms with Gasteiger partial charge in [0, 0.05) is 30.4 Å². The van der Waals surface area contributed by atoms with Gasteiger partial charge < -0.3 is 15.5 Å². The number of hydrogen-bond donors (Lipinski definition) is 3. The second-order valence-corrected chi connectivity index (χ2v) is 8.01. The van der Waals surface area contributed by atoms with Crippen LogP contribution in [0.1, 0.15) is 22.3 Å². The smallest absolute Gasteiger partial charge is 0.481 e. The highest BCUT2D eigenvalue weighted by atomic mass is 33.1. The summed E-state index contributed by atoms with van der Waals surface area (Å²) in [5, 5.41) is 22.6. The Morgan fingerprint density at radius 2 is 1.79 bits per heavy atom. The fourth-order valence-electron chi connectivity index (χ4n) is 1.68. The molecular formula is C15H17F3N4O5S2. The lowest BCUT2D eigenvalue weighted by atomic mass is 10.3. The van der Waals surface area contributed by atoms with E-state index in [0.717, 1.165) is 5.56 Å². The third-order valence-corrected chi connectivity index (χ3v) is 5.33. The first kappa shape index (κ1) is 24.6. The Hall–Kier alpha value is -2.48. The van der Waals surface area contributed by atoms with Gasteiger partial charge in [0.05, 0.1) is 12.6 Å². The summed E-state index contributed by atoms with van der Waals surface area (Å²) in [6, 6.07) is 0. The molecule has 1 amide bonds. The molecule has 2 rings (SSSR count). The molecule has 2 aromatic heterocycles. The zero-order valence-electron chi connectivity index (χ0n) is 15.0. The Morgan fingerprint density at radius 3 is 2.38 bits per heavy atom. The van der Waals surface area contributed by atoms with Gasteiger partial charge >= 0.3 is 18.1 Å². The van der Waals surface area contributed by atoms with Gasteiger partial charge in [-0.1, -0.05) is 21.6 Å². The normalized spacial score (nSPS) is 10.9. The van der Waals surface area contributed by atoms with E-state index in [2.05, 4.69) is 15.4 Å². The molecule has 14 heteroatoms. The maximum absolute atomic E-state index is 12.1. The molecule has 0 spiro atoms. The molecule has 160 valence electrons. The molecule has 0 radical (unpaired) electrons. The maximum Gasteiger partial charge on any atom is 0.490 e. The molecule has 0 aliphatic heterocycles. The van der Waals surface area contributed by atoms with E-state index in [4.69, 9.17) is 15.0 Å². The van der Waals surface area contributed by atoms with Crippen LogP contribution in [0.3, 0.4) is 0 Å². The molecule has 9 nitrogen and oxygen atoms in total. The fourth-order valence-corrected chi connectivity index (χ4v) is 3.56. The minimum absolute atomic E-state index is 0.150. The van der Waals surface area contributed by atoms with Crippen LogP contribution in [0.4, 0.5) is 13.2 Å². The number of aromatic nitrogens is 3. The van der Waals surface area contributed by atoms with Crippen LogP contribution < -0.4 is 5.32 Å². The number of rotatable bonds is 8. The minimum Gasteiger partial charge on any atom is -0.481 e. The summed E-state index contributed by atoms with van der Waals surface area (Å²) in [7, 11) is 3.03. The number of aliphatic carboxylic acids is 2. The molecule has 3 N–H and O–H groups in total. The van der Waals surface area contributed by atoms with Crippen LogP contribution in [0.15, 0.2) is 18.6 Å². The SMILES string of the molecule is Cc1cnc2c(C(=O)NCCSSCCC(=O)O)cnn2c1.O=C(O)C(F)(F)F. The summed E-state index contributed by atoms with van der Waals surface area (Å²) < 4.78 is 33.3. The summed E-state index contributed by atoms with van der Waals surface area (Å²) in [4.78, 5) is 35.5. The van der Waals surface area contributed by atoms with E-state index >= 15 is 0 Å². The first-order valence-electron chi connectivity index (χ1n) is 7.87. The third kappa shape index (κ3) is 9.04. The van der Waals surface area contributed by atoms with E-state index in [-0.39, 0.29) is 12.3 Å². The lowest BCUT2D eigenvalue weighted by Gasteiger charge is -2.03. The number of carboxylic acids is 2. The van der Waals surface area contributed by atoms with E-state index in [0.29, 0.717) is 29.3 Å². The van der Waals surface area contributed by atoms with E-state index in [1.54, 1.807) is 21.5 Å². The van der Waals surface area contributed by atoms with Crippen LogP contribution >= 0.6 is 21.6 Å². The Balaban J connectivity index is 0.000000516. The van der Waals surface area contributed by atoms with Crippen molar-refractivity contribution in [1.29, 1.82) is 0 Å². The van der Waals surface area contributed by atoms with E-state index in [1.165, 1.54) is 17.0 Å². The van der Waals surface area contributed by atoms with Crippen molar-refractivity contribution >= 4 is 45.1 Å². The molecule has 0 saturated carbocycles. The van der Waals surface area contributed by atoms with Gasteiger partial charge in [-0.3, -0.25) is 9.59 Å². The van der Waals surface area contributed by atoms with Crippen molar-refractivity contribution in [2.75, 3.05) is 18.1 Å². The zero-order chi connectivity index (χ0) is 22.0. The van der Waals surface area contributed by atoms with Crippen LogP contribution in [-0.4, -0.2) is 66.9 Å². The molecule has 0 aliphatic rings. The monoisotopic (exact) mass is 454 g/mol. The van der Waals surface area contributed by atoms with Crippen LogP contribution in [-0.2, 0) is 9.59 Å². The molecule has 2 aromatic rings. The molecule has 0 aromatic carbocycles. The van der Waals surface area contributed by atoms with Gasteiger partial charge in [-0.2, -0.15) is 18.3 Å². The average Bonchev–Trinajstić information content (AvgIpc) is 3.03. The van der Waals surface area contributed by atoms with Crippen LogP contribution in [0.2, 0.25) is 0 Å². The number of aryl methyl sites for hydroxylation is 1. The molecule has 0 atom stereocenters. The van der Waals surface area contributed by atoms with Gasteiger partial charge in [-0.15, -0.1) is 0 Å². The van der Waals surface area contributed by atoms with E-state index in [1.807, 2.05) is 13.1 Å². The minimum atomic E-state index is -5.08. The van der Waals surface area contributed by atoms with E-state index in [9.17, 15) is 22.8 Å². The number of hydrogen-bond acceptors (Lipinski definition) is 7. The third-order valence-electron chi connectivity index (χ3n) is 2.93. The highest BCUT2D eigenvalue weighted by Gasteiger charge is 2.38. The lowest BCUT2D eigenvalue weighted by molar-refractivity contribution is -0.192. The Bertz CT molecular complexity index is 860. The summed E-state index contributed by atoms with van der Waals surface area (Å²) in [6.07, 6.45) is 0.0835. The fraction of sp³-hybridized carbons (Fsp3) is 0.400. The van der Waals surface area contributed by atoms with Crippen molar-refractivity contribution in [1.82, 2.24) is 19.9 Å². The molecule has 0 fully saturated rings. The number of nitrogens with one attached hydrogen (secondary N) is 1. The standard InChI is InChI=1S/C13H16N4O3S2.C2HF3O2/c1-9-6-15-12-10(7-16-17(12)8-9)13(20)14-3-5-22-21-4-2-11(18)19;3-2(4,5)1(6)7/h6-8H,2-5H2,1H3,(H,14,20)(H,18,19);(H,6,7). The van der Waals surface area contributed by atoms with Gasteiger partial charge in [0.2, 0.25) is 0 Å². The highest BCUT2D eigenvalue weighted by Crippen LogP contribution is 2.21. The van der Waals surface area contributed by atoms with Crippen molar-refractivity contribution in [2.24, 2.45) is 0 Å². The number of carbonyl (C=O) groups is 3. The molecule has 0 saturated heterocycles. The van der Waals surface area contributed by atoms with Crippen molar-refractivity contribution in [2.45, 2.75) is 19.5 Å². The predicted octanol–water partition coefficient (Wildman–Crippen LogP) is 2.26. The van der Waals surface area contributed by atoms with Gasteiger partial charge in [-0.25, -0.2) is 14.3 Å². The van der Waals surface area contributed by atoms with Crippen LogP contribution in [0.25, 0.3) is 5.65 Å². The van der Waals surface area contributed by atoms with Gasteiger partial charge in [0.15, 0.2) is 5.65 Å². The first-order chi connectivity index (χ1) is 13.5. The van der Waals surface area contributed by atoms with Gasteiger partial charge in [0.1, 0.15) is 5.56 Å².